The second-order valence-corrected chi connectivity index (χ2v) is 12.3. The molecule has 0 fully saturated rings. The third kappa shape index (κ3) is 5.55. The van der Waals surface area contributed by atoms with Crippen LogP contribution in [-0.2, 0) is 9.53 Å². The van der Waals surface area contributed by atoms with E-state index in [0.29, 0.717) is 37.9 Å². The molecule has 0 amide bonds. The monoisotopic (exact) mass is 718 g/mol. The molecular weight excluding hydrogens is 695 g/mol. The van der Waals surface area contributed by atoms with Gasteiger partial charge in [-0.25, -0.2) is 9.79 Å². The van der Waals surface area contributed by atoms with Crippen LogP contribution < -0.4 is 19.6 Å². The second kappa shape index (κ2) is 11.3. The highest BCUT2D eigenvalue weighted by atomic mass is 127. The van der Waals surface area contributed by atoms with Gasteiger partial charge < -0.3 is 13.9 Å². The number of aromatic nitrogens is 1. The van der Waals surface area contributed by atoms with Gasteiger partial charge in [0.2, 0.25) is 0 Å². The van der Waals surface area contributed by atoms with Gasteiger partial charge in [0, 0.05) is 25.2 Å². The lowest BCUT2D eigenvalue weighted by atomic mass is 9.95. The fourth-order valence-corrected chi connectivity index (χ4v) is 6.17. The zero-order valence-electron chi connectivity index (χ0n) is 21.5. The molecule has 0 bridgehead atoms. The average molecular weight is 719 g/mol. The van der Waals surface area contributed by atoms with Crippen LogP contribution in [0.1, 0.15) is 38.1 Å². The van der Waals surface area contributed by atoms with Gasteiger partial charge in [0.15, 0.2) is 4.80 Å². The summed E-state index contributed by atoms with van der Waals surface area (Å²) in [7, 11) is 1.56. The Morgan fingerprint density at radius 2 is 1.92 bits per heavy atom. The summed E-state index contributed by atoms with van der Waals surface area (Å²) in [6, 6.07) is 16.4. The van der Waals surface area contributed by atoms with E-state index in [0.717, 1.165) is 13.6 Å². The molecule has 1 aliphatic rings. The Bertz CT molecular complexity index is 1780. The lowest BCUT2D eigenvalue weighted by Gasteiger charge is -2.26. The van der Waals surface area contributed by atoms with Crippen molar-refractivity contribution in [3.05, 3.63) is 105 Å². The zero-order chi connectivity index (χ0) is 27.8. The van der Waals surface area contributed by atoms with Crippen LogP contribution in [-0.4, -0.2) is 23.8 Å². The maximum atomic E-state index is 13.9. The van der Waals surface area contributed by atoms with Gasteiger partial charge >= 0.3 is 5.97 Å². The minimum atomic E-state index is -0.791. The number of nitrogens with zero attached hydrogens (tertiary/aromatic N) is 2. The Labute approximate surface area is 250 Å². The van der Waals surface area contributed by atoms with Gasteiger partial charge in [0.05, 0.1) is 29.0 Å². The standard InChI is InChI=1S/C29H24BrIN2O5S/c1-15(2)37-28(35)25-16(3)32-29-33(26(25)21-13-18(30)7-11-23(21)36-4)27(34)24(39-29)14-20-10-12-22(38-20)17-5-8-19(31)9-6-17/h5-15,26H,1-4H3/b24-14-/t26-/m1/s1. The largest absolute Gasteiger partial charge is 0.496 e. The summed E-state index contributed by atoms with van der Waals surface area (Å²) >= 11 is 7.02. The molecule has 39 heavy (non-hydrogen) atoms. The van der Waals surface area contributed by atoms with Crippen molar-refractivity contribution in [1.82, 2.24) is 4.57 Å². The van der Waals surface area contributed by atoms with Gasteiger partial charge in [-0.15, -0.1) is 0 Å². The zero-order valence-corrected chi connectivity index (χ0v) is 26.1. The van der Waals surface area contributed by atoms with E-state index < -0.39 is 12.0 Å². The molecular formula is C29H24BrIN2O5S. The molecule has 1 atom stereocenters. The Kier molecular flexibility index (Phi) is 7.97. The average Bonchev–Trinajstić information content (AvgIpc) is 3.47. The molecule has 2 aromatic heterocycles. The number of hydrogen-bond acceptors (Lipinski definition) is 7. The van der Waals surface area contributed by atoms with E-state index in [4.69, 9.17) is 13.9 Å². The quantitative estimate of drug-likeness (QED) is 0.185. The number of carbonyl (C=O) groups is 1. The van der Waals surface area contributed by atoms with Crippen LogP contribution in [0.25, 0.3) is 17.4 Å². The van der Waals surface area contributed by atoms with Crippen LogP contribution in [0.4, 0.5) is 0 Å². The van der Waals surface area contributed by atoms with Crippen LogP contribution in [0.2, 0.25) is 0 Å². The number of ether oxygens (including phenoxy) is 2. The Hall–Kier alpha value is -2.96. The number of fused-ring (bicyclic) bond motifs is 1. The van der Waals surface area contributed by atoms with Crippen molar-refractivity contribution >= 4 is 61.9 Å². The molecule has 0 radical (unpaired) electrons. The molecule has 0 aliphatic carbocycles. The molecule has 1 aliphatic heterocycles. The van der Waals surface area contributed by atoms with E-state index in [1.807, 2.05) is 48.5 Å². The van der Waals surface area contributed by atoms with Crippen molar-refractivity contribution in [3.63, 3.8) is 0 Å². The maximum Gasteiger partial charge on any atom is 0.338 e. The van der Waals surface area contributed by atoms with Gasteiger partial charge in [0.1, 0.15) is 23.3 Å². The molecule has 0 N–H and O–H groups in total. The SMILES string of the molecule is COc1ccc(Br)cc1[C@@H]1C(C(=O)OC(C)C)=C(C)N=c2s/c(=C\c3ccc(-c4ccc(I)cc4)o3)c(=O)n21. The predicted octanol–water partition coefficient (Wildman–Crippen LogP) is 5.82. The lowest BCUT2D eigenvalue weighted by molar-refractivity contribution is -0.143. The number of halogens is 2. The summed E-state index contributed by atoms with van der Waals surface area (Å²) in [4.78, 5) is 32.4. The summed E-state index contributed by atoms with van der Waals surface area (Å²) < 4.78 is 21.2. The molecule has 200 valence electrons. The first kappa shape index (κ1) is 27.6. The highest BCUT2D eigenvalue weighted by Crippen LogP contribution is 2.37. The Morgan fingerprint density at radius 1 is 1.18 bits per heavy atom. The normalized spacial score (nSPS) is 15.4. The van der Waals surface area contributed by atoms with Gasteiger partial charge in [-0.3, -0.25) is 9.36 Å². The molecule has 3 heterocycles. The fraction of sp³-hybridized carbons (Fsp3) is 0.207. The number of furan rings is 1. The molecule has 4 aromatic rings. The summed E-state index contributed by atoms with van der Waals surface area (Å²) in [5, 5.41) is 0. The number of rotatable bonds is 6. The van der Waals surface area contributed by atoms with E-state index in [9.17, 15) is 9.59 Å². The van der Waals surface area contributed by atoms with Crippen LogP contribution in [0.3, 0.4) is 0 Å². The van der Waals surface area contributed by atoms with Gasteiger partial charge in [-0.05, 0) is 85.8 Å². The minimum Gasteiger partial charge on any atom is -0.496 e. The van der Waals surface area contributed by atoms with E-state index in [1.165, 1.54) is 15.9 Å². The first-order chi connectivity index (χ1) is 18.7. The minimum absolute atomic E-state index is 0.290. The van der Waals surface area contributed by atoms with Crippen molar-refractivity contribution in [3.8, 4) is 17.1 Å². The lowest BCUT2D eigenvalue weighted by Crippen LogP contribution is -2.40. The fourth-order valence-electron chi connectivity index (χ4n) is 4.40. The summed E-state index contributed by atoms with van der Waals surface area (Å²) in [6.07, 6.45) is 1.37. The number of thiazole rings is 1. The van der Waals surface area contributed by atoms with Crippen LogP contribution in [0.15, 0.2) is 84.5 Å². The number of benzene rings is 2. The number of esters is 1. The topological polar surface area (TPSA) is 83.0 Å². The van der Waals surface area contributed by atoms with E-state index in [2.05, 4.69) is 43.5 Å². The van der Waals surface area contributed by atoms with E-state index in [1.54, 1.807) is 40.0 Å². The van der Waals surface area contributed by atoms with Crippen LogP contribution in [0, 0.1) is 3.57 Å². The van der Waals surface area contributed by atoms with E-state index >= 15 is 0 Å². The maximum absolute atomic E-state index is 13.9. The van der Waals surface area contributed by atoms with Crippen LogP contribution in [0.5, 0.6) is 5.75 Å². The molecule has 0 spiro atoms. The molecule has 2 aromatic carbocycles. The molecule has 5 rings (SSSR count). The van der Waals surface area contributed by atoms with Crippen molar-refractivity contribution < 1.29 is 18.7 Å². The first-order valence-electron chi connectivity index (χ1n) is 12.1. The first-order valence-corrected chi connectivity index (χ1v) is 14.8. The third-order valence-corrected chi connectivity index (χ3v) is 8.29. The summed E-state index contributed by atoms with van der Waals surface area (Å²) in [6.45, 7) is 5.32. The van der Waals surface area contributed by atoms with Crippen LogP contribution >= 0.6 is 49.9 Å². The van der Waals surface area contributed by atoms with Crippen molar-refractivity contribution in [1.29, 1.82) is 0 Å². The van der Waals surface area contributed by atoms with Gasteiger partial charge in [0.25, 0.3) is 5.56 Å². The van der Waals surface area contributed by atoms with Gasteiger partial charge in [-0.2, -0.15) is 0 Å². The summed E-state index contributed by atoms with van der Waals surface area (Å²) in [5.41, 5.74) is 2.07. The molecule has 0 unspecified atom stereocenters. The smallest absolute Gasteiger partial charge is 0.338 e. The molecule has 7 nitrogen and oxygen atoms in total. The number of methoxy groups -OCH3 is 1. The highest BCUT2D eigenvalue weighted by molar-refractivity contribution is 14.1. The molecule has 0 saturated heterocycles. The highest BCUT2D eigenvalue weighted by Gasteiger charge is 2.35. The molecule has 10 heteroatoms. The number of allylic oxidation sites excluding steroid dienone is 1. The van der Waals surface area contributed by atoms with Crippen molar-refractivity contribution in [2.45, 2.75) is 32.9 Å². The summed E-state index contributed by atoms with van der Waals surface area (Å²) in [5.74, 6) is 1.26. The predicted molar refractivity (Wildman–Crippen MR) is 163 cm³/mol. The number of hydrogen-bond donors (Lipinski definition) is 0. The van der Waals surface area contributed by atoms with Crippen molar-refractivity contribution in [2.75, 3.05) is 7.11 Å². The van der Waals surface area contributed by atoms with Crippen molar-refractivity contribution in [2.24, 2.45) is 4.99 Å². The second-order valence-electron chi connectivity index (χ2n) is 9.13. The molecule has 0 saturated carbocycles. The Morgan fingerprint density at radius 3 is 2.62 bits per heavy atom. The van der Waals surface area contributed by atoms with Gasteiger partial charge in [-0.1, -0.05) is 39.4 Å². The van der Waals surface area contributed by atoms with E-state index in [-0.39, 0.29) is 17.2 Å². The Balaban J connectivity index is 1.67. The number of carbonyl (C=O) groups excluding carboxylic acids is 1. The third-order valence-electron chi connectivity index (χ3n) is 6.10.